The Labute approximate surface area is 204 Å². The number of carbonyl (C=O) groups is 3. The summed E-state index contributed by atoms with van der Waals surface area (Å²) in [5.41, 5.74) is 3.27. The van der Waals surface area contributed by atoms with Gasteiger partial charge in [0.25, 0.3) is 5.91 Å². The van der Waals surface area contributed by atoms with Gasteiger partial charge in [0.05, 0.1) is 6.04 Å². The van der Waals surface area contributed by atoms with Crippen molar-refractivity contribution in [2.45, 2.75) is 56.2 Å². The van der Waals surface area contributed by atoms with E-state index in [1.54, 1.807) is 6.92 Å². The molecule has 8 nitrogen and oxygen atoms in total. The van der Waals surface area contributed by atoms with Gasteiger partial charge in [-0.1, -0.05) is 48.5 Å². The molecule has 2 fully saturated rings. The second kappa shape index (κ2) is 9.34. The molecular formula is C27H30N2O6. The number of carboxylic acid groups (broad SMARTS) is 1. The summed E-state index contributed by atoms with van der Waals surface area (Å²) in [7, 11) is 0. The summed E-state index contributed by atoms with van der Waals surface area (Å²) in [6.45, 7) is 2.42. The molecule has 1 aliphatic carbocycles. The lowest BCUT2D eigenvalue weighted by Crippen LogP contribution is -2.61. The number of aliphatic carboxylic acids is 1. The topological polar surface area (TPSA) is 105 Å². The highest BCUT2D eigenvalue weighted by molar-refractivity contribution is 5.90. The van der Waals surface area contributed by atoms with E-state index in [1.807, 2.05) is 24.3 Å². The van der Waals surface area contributed by atoms with Gasteiger partial charge < -0.3 is 24.8 Å². The van der Waals surface area contributed by atoms with Crippen LogP contribution in [0.2, 0.25) is 0 Å². The molecule has 0 aromatic heterocycles. The smallest absolute Gasteiger partial charge is 0.407 e. The van der Waals surface area contributed by atoms with Gasteiger partial charge >= 0.3 is 12.1 Å². The number of carbonyl (C=O) groups excluding carboxylic acids is 2. The quantitative estimate of drug-likeness (QED) is 0.681. The van der Waals surface area contributed by atoms with Gasteiger partial charge in [-0.15, -0.1) is 0 Å². The summed E-state index contributed by atoms with van der Waals surface area (Å²) < 4.78 is 11.3. The average molecular weight is 479 g/mol. The first-order chi connectivity index (χ1) is 16.9. The van der Waals surface area contributed by atoms with E-state index >= 15 is 0 Å². The predicted molar refractivity (Wildman–Crippen MR) is 128 cm³/mol. The monoisotopic (exact) mass is 478 g/mol. The van der Waals surface area contributed by atoms with Gasteiger partial charge in [0.2, 0.25) is 0 Å². The Kier molecular flexibility index (Phi) is 6.23. The lowest BCUT2D eigenvalue weighted by Gasteiger charge is -2.43. The van der Waals surface area contributed by atoms with E-state index in [9.17, 15) is 19.5 Å². The lowest BCUT2D eigenvalue weighted by molar-refractivity contribution is -0.165. The lowest BCUT2D eigenvalue weighted by atomic mass is 9.87. The molecule has 3 atom stereocenters. The molecule has 2 aliphatic heterocycles. The second-order valence-electron chi connectivity index (χ2n) is 9.68. The fourth-order valence-corrected chi connectivity index (χ4v) is 5.62. The number of fused-ring (bicyclic) bond motifs is 3. The zero-order valence-corrected chi connectivity index (χ0v) is 19.7. The van der Waals surface area contributed by atoms with E-state index in [1.165, 1.54) is 4.90 Å². The van der Waals surface area contributed by atoms with Gasteiger partial charge in [0.1, 0.15) is 12.1 Å². The number of piperidine rings is 1. The fourth-order valence-electron chi connectivity index (χ4n) is 5.62. The number of carboxylic acids is 1. The predicted octanol–water partition coefficient (Wildman–Crippen LogP) is 3.54. The number of likely N-dealkylation sites (tertiary alicyclic amines) is 1. The van der Waals surface area contributed by atoms with Crippen molar-refractivity contribution < 1.29 is 29.0 Å². The maximum atomic E-state index is 13.3. The molecule has 5 rings (SSSR count). The molecule has 2 aromatic carbocycles. The molecule has 0 bridgehead atoms. The van der Waals surface area contributed by atoms with Crippen molar-refractivity contribution in [3.8, 4) is 11.1 Å². The number of benzene rings is 2. The van der Waals surface area contributed by atoms with Crippen LogP contribution < -0.4 is 5.32 Å². The van der Waals surface area contributed by atoms with Gasteiger partial charge in [0.15, 0.2) is 6.10 Å². The number of hydrogen-bond donors (Lipinski definition) is 2. The minimum atomic E-state index is -1.27. The zero-order valence-electron chi connectivity index (χ0n) is 19.7. The van der Waals surface area contributed by atoms with E-state index in [2.05, 4.69) is 29.6 Å². The average Bonchev–Trinajstić information content (AvgIpc) is 3.45. The standard InChI is InChI=1S/C27H30N2O6/c1-27(25(31)32)13-6-7-14-29(27)24(30)23-22(12-15-34-23)28-26(33)35-16-21-19-10-4-2-8-17(19)18-9-3-5-11-20(18)21/h2-5,8-11,21-23H,6-7,12-16H2,1H3,(H,28,33)(H,31,32)/t22-,23+,27?/m0/s1. The summed E-state index contributed by atoms with van der Waals surface area (Å²) in [5.74, 6) is -1.48. The van der Waals surface area contributed by atoms with E-state index in [0.29, 0.717) is 26.0 Å². The Morgan fingerprint density at radius 1 is 1.09 bits per heavy atom. The fraction of sp³-hybridized carbons (Fsp3) is 0.444. The molecule has 2 N–H and O–H groups in total. The van der Waals surface area contributed by atoms with Gasteiger partial charge in [-0.25, -0.2) is 9.59 Å². The Morgan fingerprint density at radius 3 is 2.40 bits per heavy atom. The van der Waals surface area contributed by atoms with Crippen molar-refractivity contribution in [1.29, 1.82) is 0 Å². The number of amides is 2. The molecule has 1 unspecified atom stereocenters. The van der Waals surface area contributed by atoms with Crippen LogP contribution in [0, 0.1) is 0 Å². The molecule has 2 amide bonds. The highest BCUT2D eigenvalue weighted by atomic mass is 16.6. The summed E-state index contributed by atoms with van der Waals surface area (Å²) in [6, 6.07) is 15.7. The first-order valence-electron chi connectivity index (χ1n) is 12.2. The highest BCUT2D eigenvalue weighted by Gasteiger charge is 2.48. The molecular weight excluding hydrogens is 448 g/mol. The van der Waals surface area contributed by atoms with E-state index in [0.717, 1.165) is 35.1 Å². The molecule has 3 aliphatic rings. The van der Waals surface area contributed by atoms with Crippen molar-refractivity contribution in [1.82, 2.24) is 10.2 Å². The third-order valence-electron chi connectivity index (χ3n) is 7.60. The molecule has 2 heterocycles. The Balaban J connectivity index is 1.24. The molecule has 2 saturated heterocycles. The SMILES string of the molecule is CC1(C(=O)O)CCCCN1C(=O)[C@@H]1OCC[C@@H]1NC(=O)OCC1c2ccccc2-c2ccccc21. The number of rotatable bonds is 5. The third kappa shape index (κ3) is 4.16. The minimum Gasteiger partial charge on any atom is -0.480 e. The van der Waals surface area contributed by atoms with Crippen LogP contribution in [0.4, 0.5) is 4.79 Å². The molecule has 2 aromatic rings. The van der Waals surface area contributed by atoms with Crippen molar-refractivity contribution in [2.24, 2.45) is 0 Å². The zero-order chi connectivity index (χ0) is 24.6. The molecule has 0 spiro atoms. The van der Waals surface area contributed by atoms with Gasteiger partial charge in [-0.3, -0.25) is 4.79 Å². The van der Waals surface area contributed by atoms with E-state index in [-0.39, 0.29) is 12.5 Å². The molecule has 0 saturated carbocycles. The van der Waals surface area contributed by atoms with Crippen LogP contribution in [0.3, 0.4) is 0 Å². The van der Waals surface area contributed by atoms with Crippen LogP contribution >= 0.6 is 0 Å². The second-order valence-corrected chi connectivity index (χ2v) is 9.68. The van der Waals surface area contributed by atoms with Gasteiger partial charge in [-0.2, -0.15) is 0 Å². The number of hydrogen-bond acceptors (Lipinski definition) is 5. The van der Waals surface area contributed by atoms with Crippen LogP contribution in [0.15, 0.2) is 48.5 Å². The Hall–Kier alpha value is -3.39. The number of nitrogens with one attached hydrogen (secondary N) is 1. The first-order valence-corrected chi connectivity index (χ1v) is 12.2. The minimum absolute atomic E-state index is 0.0602. The van der Waals surface area contributed by atoms with Gasteiger partial charge in [-0.05, 0) is 54.9 Å². The summed E-state index contributed by atoms with van der Waals surface area (Å²) in [6.07, 6.45) is 0.807. The van der Waals surface area contributed by atoms with E-state index < -0.39 is 35.7 Å². The van der Waals surface area contributed by atoms with Crippen LogP contribution in [-0.2, 0) is 19.1 Å². The number of ether oxygens (including phenoxy) is 2. The van der Waals surface area contributed by atoms with E-state index in [4.69, 9.17) is 9.47 Å². The molecule has 184 valence electrons. The maximum absolute atomic E-state index is 13.3. The van der Waals surface area contributed by atoms with Crippen molar-refractivity contribution >= 4 is 18.0 Å². The Bertz CT molecular complexity index is 1100. The normalized spacial score (nSPS) is 25.6. The summed E-state index contributed by atoms with van der Waals surface area (Å²) in [4.78, 5) is 39.4. The van der Waals surface area contributed by atoms with Gasteiger partial charge in [0, 0.05) is 19.1 Å². The van der Waals surface area contributed by atoms with Crippen molar-refractivity contribution in [2.75, 3.05) is 19.8 Å². The number of nitrogens with zero attached hydrogens (tertiary/aromatic N) is 1. The maximum Gasteiger partial charge on any atom is 0.407 e. The molecule has 0 radical (unpaired) electrons. The Morgan fingerprint density at radius 2 is 1.74 bits per heavy atom. The first kappa shape index (κ1) is 23.4. The summed E-state index contributed by atoms with van der Waals surface area (Å²) >= 11 is 0. The van der Waals surface area contributed by atoms with Crippen molar-refractivity contribution in [3.05, 3.63) is 59.7 Å². The van der Waals surface area contributed by atoms with Crippen LogP contribution in [-0.4, -0.2) is 65.4 Å². The van der Waals surface area contributed by atoms with Crippen LogP contribution in [0.1, 0.15) is 49.7 Å². The van der Waals surface area contributed by atoms with Crippen molar-refractivity contribution in [3.63, 3.8) is 0 Å². The number of alkyl carbamates (subject to hydrolysis) is 1. The molecule has 35 heavy (non-hydrogen) atoms. The van der Waals surface area contributed by atoms with Crippen LogP contribution in [0.25, 0.3) is 11.1 Å². The summed E-state index contributed by atoms with van der Waals surface area (Å²) in [5, 5.41) is 12.6. The van der Waals surface area contributed by atoms with Crippen LogP contribution in [0.5, 0.6) is 0 Å². The largest absolute Gasteiger partial charge is 0.480 e. The molecule has 8 heteroatoms. The highest BCUT2D eigenvalue weighted by Crippen LogP contribution is 2.44. The third-order valence-corrected chi connectivity index (χ3v) is 7.60.